The van der Waals surface area contributed by atoms with E-state index in [1.54, 1.807) is 11.3 Å². The minimum Gasteiger partial charge on any atom is -0.314 e. The zero-order valence-electron chi connectivity index (χ0n) is 9.04. The highest BCUT2D eigenvalue weighted by Crippen LogP contribution is 2.23. The lowest BCUT2D eigenvalue weighted by molar-refractivity contribution is -0.119. The first-order chi connectivity index (χ1) is 7.75. The molecule has 1 aliphatic heterocycles. The number of ketones is 1. The van der Waals surface area contributed by atoms with Crippen LogP contribution in [0, 0.1) is 0 Å². The summed E-state index contributed by atoms with van der Waals surface area (Å²) in [7, 11) is 0. The Balaban J connectivity index is 1.82. The third-order valence-corrected chi connectivity index (χ3v) is 4.58. The fourth-order valence-electron chi connectivity index (χ4n) is 1.80. The van der Waals surface area contributed by atoms with Crippen LogP contribution >= 0.6 is 27.3 Å². The second-order valence-electron chi connectivity index (χ2n) is 3.93. The van der Waals surface area contributed by atoms with Gasteiger partial charge in [-0.05, 0) is 27.4 Å². The number of thiophene rings is 1. The number of hydrogen-bond donors (Lipinski definition) is 1. The lowest BCUT2D eigenvalue weighted by Gasteiger charge is -2.26. The van der Waals surface area contributed by atoms with E-state index in [9.17, 15) is 4.79 Å². The largest absolute Gasteiger partial charge is 0.314 e. The first kappa shape index (κ1) is 12.2. The number of halogens is 1. The van der Waals surface area contributed by atoms with E-state index >= 15 is 0 Å². The molecule has 88 valence electrons. The summed E-state index contributed by atoms with van der Waals surface area (Å²) in [5.41, 5.74) is 0. The van der Waals surface area contributed by atoms with Crippen molar-refractivity contribution in [2.75, 3.05) is 32.7 Å². The van der Waals surface area contributed by atoms with Crippen molar-refractivity contribution < 1.29 is 4.79 Å². The van der Waals surface area contributed by atoms with Crippen LogP contribution in [0.2, 0.25) is 0 Å². The average molecular weight is 303 g/mol. The molecule has 1 aliphatic rings. The predicted molar refractivity (Wildman–Crippen MR) is 70.0 cm³/mol. The molecule has 0 unspecified atom stereocenters. The molecule has 16 heavy (non-hydrogen) atoms. The molecular formula is C11H15BrN2OS. The van der Waals surface area contributed by atoms with E-state index in [2.05, 4.69) is 26.1 Å². The molecule has 0 saturated carbocycles. The normalized spacial score (nSPS) is 17.6. The maximum Gasteiger partial charge on any atom is 0.152 e. The third-order valence-electron chi connectivity index (χ3n) is 2.66. The Kier molecular flexibility index (Phi) is 4.52. The molecule has 0 atom stereocenters. The highest BCUT2D eigenvalue weighted by atomic mass is 79.9. The smallest absolute Gasteiger partial charge is 0.152 e. The molecule has 2 rings (SSSR count). The molecule has 1 N–H and O–H groups in total. The maximum absolute atomic E-state index is 11.9. The summed E-state index contributed by atoms with van der Waals surface area (Å²) in [5, 5.41) is 5.30. The topological polar surface area (TPSA) is 32.3 Å². The number of carbonyl (C=O) groups is 1. The molecule has 0 bridgehead atoms. The van der Waals surface area contributed by atoms with Gasteiger partial charge in [0, 0.05) is 41.9 Å². The van der Waals surface area contributed by atoms with Gasteiger partial charge in [0.2, 0.25) is 0 Å². The van der Waals surface area contributed by atoms with Gasteiger partial charge in [-0.25, -0.2) is 0 Å². The predicted octanol–water partition coefficient (Wildman–Crippen LogP) is 1.53. The lowest BCUT2D eigenvalue weighted by Crippen LogP contribution is -2.45. The Morgan fingerprint density at radius 2 is 2.25 bits per heavy atom. The van der Waals surface area contributed by atoms with Crippen LogP contribution in [0.1, 0.15) is 4.88 Å². The third kappa shape index (κ3) is 3.38. The van der Waals surface area contributed by atoms with E-state index in [0.29, 0.717) is 18.7 Å². The van der Waals surface area contributed by atoms with Crippen molar-refractivity contribution in [3.8, 4) is 0 Å². The van der Waals surface area contributed by atoms with E-state index in [-0.39, 0.29) is 0 Å². The van der Waals surface area contributed by atoms with Gasteiger partial charge in [0.1, 0.15) is 0 Å². The van der Waals surface area contributed by atoms with Crippen LogP contribution in [0.5, 0.6) is 0 Å². The minimum absolute atomic E-state index is 0.310. The zero-order chi connectivity index (χ0) is 11.4. The summed E-state index contributed by atoms with van der Waals surface area (Å²) in [5.74, 6) is 0.310. The molecule has 5 heteroatoms. The first-order valence-electron chi connectivity index (χ1n) is 5.42. The molecule has 1 saturated heterocycles. The maximum atomic E-state index is 11.9. The van der Waals surface area contributed by atoms with Crippen LogP contribution in [0.4, 0.5) is 0 Å². The molecule has 1 fully saturated rings. The van der Waals surface area contributed by atoms with Gasteiger partial charge in [0.05, 0.1) is 6.54 Å². The van der Waals surface area contributed by atoms with Gasteiger partial charge in [-0.1, -0.05) is 0 Å². The van der Waals surface area contributed by atoms with E-state index in [1.165, 1.54) is 0 Å². The van der Waals surface area contributed by atoms with Gasteiger partial charge in [0.15, 0.2) is 5.78 Å². The number of hydrogen-bond acceptors (Lipinski definition) is 4. The molecule has 0 amide bonds. The first-order valence-corrected chi connectivity index (χ1v) is 7.09. The summed E-state index contributed by atoms with van der Waals surface area (Å²) in [4.78, 5) is 15.2. The van der Waals surface area contributed by atoms with Crippen LogP contribution in [0.25, 0.3) is 0 Å². The van der Waals surface area contributed by atoms with E-state index in [4.69, 9.17) is 0 Å². The number of nitrogens with zero attached hydrogens (tertiary/aromatic N) is 1. The van der Waals surface area contributed by atoms with Gasteiger partial charge in [-0.3, -0.25) is 9.69 Å². The summed E-state index contributed by atoms with van der Waals surface area (Å²) in [6, 6.07) is 2.00. The van der Waals surface area contributed by atoms with Crippen molar-refractivity contribution >= 4 is 33.0 Å². The number of Topliss-reactive ketones (excluding diaryl/α,β-unsaturated/α-hetero) is 1. The Bertz CT molecular complexity index is 361. The SMILES string of the molecule is O=C(Cc1sccc1Br)CN1CCNCC1. The molecule has 0 radical (unpaired) electrons. The second kappa shape index (κ2) is 5.91. The van der Waals surface area contributed by atoms with Crippen molar-refractivity contribution in [1.82, 2.24) is 10.2 Å². The van der Waals surface area contributed by atoms with Crippen LogP contribution in [-0.2, 0) is 11.2 Å². The monoisotopic (exact) mass is 302 g/mol. The lowest BCUT2D eigenvalue weighted by atomic mass is 10.2. The summed E-state index contributed by atoms with van der Waals surface area (Å²) in [6.07, 6.45) is 0.558. The summed E-state index contributed by atoms with van der Waals surface area (Å²) < 4.78 is 1.06. The van der Waals surface area contributed by atoms with Gasteiger partial charge in [0.25, 0.3) is 0 Å². The quantitative estimate of drug-likeness (QED) is 0.915. The molecule has 1 aromatic heterocycles. The van der Waals surface area contributed by atoms with E-state index < -0.39 is 0 Å². The van der Waals surface area contributed by atoms with Crippen LogP contribution in [-0.4, -0.2) is 43.4 Å². The standard InChI is InChI=1S/C11H15BrN2OS/c12-10-1-6-16-11(10)7-9(15)8-14-4-2-13-3-5-14/h1,6,13H,2-5,7-8H2. The Hall–Kier alpha value is -0.230. The molecule has 0 spiro atoms. The highest BCUT2D eigenvalue weighted by molar-refractivity contribution is 9.10. The summed E-state index contributed by atoms with van der Waals surface area (Å²) >= 11 is 5.10. The number of rotatable bonds is 4. The van der Waals surface area contributed by atoms with Gasteiger partial charge in [-0.15, -0.1) is 11.3 Å². The van der Waals surface area contributed by atoms with Crippen LogP contribution in [0.3, 0.4) is 0 Å². The number of carbonyl (C=O) groups excluding carboxylic acids is 1. The average Bonchev–Trinajstić information content (AvgIpc) is 2.66. The number of nitrogens with one attached hydrogen (secondary N) is 1. The zero-order valence-corrected chi connectivity index (χ0v) is 11.4. The highest BCUT2D eigenvalue weighted by Gasteiger charge is 2.15. The van der Waals surface area contributed by atoms with Crippen molar-refractivity contribution in [2.45, 2.75) is 6.42 Å². The molecule has 0 aliphatic carbocycles. The Morgan fingerprint density at radius 3 is 2.88 bits per heavy atom. The van der Waals surface area contributed by atoms with E-state index in [0.717, 1.165) is 35.5 Å². The fraction of sp³-hybridized carbons (Fsp3) is 0.545. The van der Waals surface area contributed by atoms with Crippen molar-refractivity contribution in [3.05, 3.63) is 20.8 Å². The van der Waals surface area contributed by atoms with Crippen LogP contribution in [0.15, 0.2) is 15.9 Å². The summed E-state index contributed by atoms with van der Waals surface area (Å²) in [6.45, 7) is 4.55. The fourth-order valence-corrected chi connectivity index (χ4v) is 3.33. The van der Waals surface area contributed by atoms with Crippen molar-refractivity contribution in [3.63, 3.8) is 0 Å². The molecule has 3 nitrogen and oxygen atoms in total. The molecular weight excluding hydrogens is 288 g/mol. The minimum atomic E-state index is 0.310. The van der Waals surface area contributed by atoms with Crippen molar-refractivity contribution in [1.29, 1.82) is 0 Å². The van der Waals surface area contributed by atoms with E-state index in [1.807, 2.05) is 11.4 Å². The molecule has 2 heterocycles. The molecule has 1 aromatic rings. The van der Waals surface area contributed by atoms with Crippen LogP contribution < -0.4 is 5.32 Å². The number of piperazine rings is 1. The van der Waals surface area contributed by atoms with Crippen molar-refractivity contribution in [2.24, 2.45) is 0 Å². The Morgan fingerprint density at radius 1 is 1.50 bits per heavy atom. The second-order valence-corrected chi connectivity index (χ2v) is 5.79. The Labute approximate surface area is 108 Å². The van der Waals surface area contributed by atoms with Gasteiger partial charge < -0.3 is 5.32 Å². The molecule has 0 aromatic carbocycles. The van der Waals surface area contributed by atoms with Gasteiger partial charge in [-0.2, -0.15) is 0 Å². The van der Waals surface area contributed by atoms with Gasteiger partial charge >= 0.3 is 0 Å².